The van der Waals surface area contributed by atoms with E-state index < -0.39 is 10.0 Å². The molecule has 0 unspecified atom stereocenters. The fraction of sp³-hybridized carbons (Fsp3) is 0.588. The maximum Gasteiger partial charge on any atom is 0.211 e. The number of nitrogens with two attached hydrogens (primary N) is 1. The van der Waals surface area contributed by atoms with E-state index in [1.807, 2.05) is 6.07 Å². The summed E-state index contributed by atoms with van der Waals surface area (Å²) in [4.78, 5) is 5.96. The van der Waals surface area contributed by atoms with E-state index in [4.69, 9.17) is 5.73 Å². The first kappa shape index (κ1) is 18.1. The minimum absolute atomic E-state index is 0.224. The van der Waals surface area contributed by atoms with E-state index >= 15 is 0 Å². The largest absolute Gasteiger partial charge is 0.390 e. The lowest BCUT2D eigenvalue weighted by atomic mass is 9.80. The van der Waals surface area contributed by atoms with E-state index in [2.05, 4.69) is 9.89 Å². The van der Waals surface area contributed by atoms with E-state index in [0.717, 1.165) is 25.9 Å². The Morgan fingerprint density at radius 3 is 2.56 bits per heavy atom. The molecule has 2 aliphatic heterocycles. The number of halogens is 1. The van der Waals surface area contributed by atoms with Crippen LogP contribution in [-0.4, -0.2) is 51.5 Å². The summed E-state index contributed by atoms with van der Waals surface area (Å²) in [5.41, 5.74) is 6.40. The highest BCUT2D eigenvalue weighted by molar-refractivity contribution is 7.88. The zero-order valence-electron chi connectivity index (χ0n) is 14.4. The average Bonchev–Trinajstić information content (AvgIpc) is 2.53. The normalized spacial score (nSPS) is 21.0. The Kier molecular flexibility index (Phi) is 5.29. The lowest BCUT2D eigenvalue weighted by Crippen LogP contribution is -2.52. The molecule has 0 amide bonds. The van der Waals surface area contributed by atoms with Crippen molar-refractivity contribution in [3.8, 4) is 0 Å². The fourth-order valence-electron chi connectivity index (χ4n) is 3.77. The Labute approximate surface area is 148 Å². The molecule has 0 saturated carbocycles. The Balaban J connectivity index is 1.57. The molecule has 0 spiro atoms. The van der Waals surface area contributed by atoms with Crippen LogP contribution in [0.1, 0.15) is 18.4 Å². The second-order valence-electron chi connectivity index (χ2n) is 6.90. The molecule has 1 aromatic carbocycles. The highest BCUT2D eigenvalue weighted by Gasteiger charge is 2.37. The summed E-state index contributed by atoms with van der Waals surface area (Å²) in [6.07, 6.45) is 4.23. The van der Waals surface area contributed by atoms with Gasteiger partial charge in [-0.1, -0.05) is 12.1 Å². The van der Waals surface area contributed by atoms with Crippen LogP contribution in [0.5, 0.6) is 0 Å². The summed E-state index contributed by atoms with van der Waals surface area (Å²) in [6.45, 7) is 3.09. The number of hydrogen-bond acceptors (Lipinski definition) is 4. The number of piperidine rings is 1. The predicted molar refractivity (Wildman–Crippen MR) is 97.6 cm³/mol. The standard InChI is InChI=1S/C17H25FN4O2S/c1-25(23,24)22-7-5-13(6-8-22)15-10-21(11-15)16-4-2-3-14(17(16)18)9-20-12-19/h2-4,12-13,15H,5-11H2,1H3,(H2,19,20). The summed E-state index contributed by atoms with van der Waals surface area (Å²) >= 11 is 0. The van der Waals surface area contributed by atoms with Crippen molar-refractivity contribution >= 4 is 22.0 Å². The molecule has 0 radical (unpaired) electrons. The third kappa shape index (κ3) is 3.95. The topological polar surface area (TPSA) is 79.0 Å². The molecular weight excluding hydrogens is 343 g/mol. The minimum atomic E-state index is -3.08. The number of benzene rings is 1. The van der Waals surface area contributed by atoms with Gasteiger partial charge in [-0.3, -0.25) is 4.99 Å². The van der Waals surface area contributed by atoms with Gasteiger partial charge in [0.05, 0.1) is 24.8 Å². The Morgan fingerprint density at radius 2 is 1.96 bits per heavy atom. The van der Waals surface area contributed by atoms with Gasteiger partial charge >= 0.3 is 0 Å². The maximum absolute atomic E-state index is 14.6. The van der Waals surface area contributed by atoms with Gasteiger partial charge in [0, 0.05) is 31.7 Å². The van der Waals surface area contributed by atoms with Crippen molar-refractivity contribution in [3.63, 3.8) is 0 Å². The van der Waals surface area contributed by atoms with Gasteiger partial charge in [0.25, 0.3) is 0 Å². The molecule has 25 heavy (non-hydrogen) atoms. The molecule has 1 aromatic rings. The van der Waals surface area contributed by atoms with Crippen LogP contribution in [0.3, 0.4) is 0 Å². The highest BCUT2D eigenvalue weighted by Crippen LogP contribution is 2.36. The summed E-state index contributed by atoms with van der Waals surface area (Å²) in [7, 11) is -3.08. The smallest absolute Gasteiger partial charge is 0.211 e. The number of hydrogen-bond donors (Lipinski definition) is 1. The van der Waals surface area contributed by atoms with Gasteiger partial charge in [0.2, 0.25) is 10.0 Å². The molecule has 138 valence electrons. The van der Waals surface area contributed by atoms with Crippen molar-refractivity contribution in [1.82, 2.24) is 4.31 Å². The van der Waals surface area contributed by atoms with E-state index in [0.29, 0.717) is 36.2 Å². The SMILES string of the molecule is CS(=O)(=O)N1CCC(C2CN(c3cccc(CN=CN)c3F)C2)CC1. The number of rotatable bonds is 5. The molecule has 2 heterocycles. The Hall–Kier alpha value is -1.67. The molecule has 2 saturated heterocycles. The Morgan fingerprint density at radius 1 is 1.28 bits per heavy atom. The van der Waals surface area contributed by atoms with E-state index in [9.17, 15) is 12.8 Å². The van der Waals surface area contributed by atoms with Gasteiger partial charge in [-0.15, -0.1) is 0 Å². The van der Waals surface area contributed by atoms with Gasteiger partial charge in [-0.05, 0) is 30.7 Å². The van der Waals surface area contributed by atoms with Crippen molar-refractivity contribution in [2.75, 3.05) is 37.3 Å². The molecule has 0 atom stereocenters. The van der Waals surface area contributed by atoms with Crippen LogP contribution in [0.15, 0.2) is 23.2 Å². The highest BCUT2D eigenvalue weighted by atomic mass is 32.2. The predicted octanol–water partition coefficient (Wildman–Crippen LogP) is 1.42. The van der Waals surface area contributed by atoms with Crippen LogP contribution in [0, 0.1) is 17.7 Å². The van der Waals surface area contributed by atoms with Gasteiger partial charge in [0.15, 0.2) is 5.82 Å². The summed E-state index contributed by atoms with van der Waals surface area (Å²) in [5, 5.41) is 0. The second-order valence-corrected chi connectivity index (χ2v) is 8.89. The maximum atomic E-state index is 14.6. The van der Waals surface area contributed by atoms with Crippen LogP contribution in [0.2, 0.25) is 0 Å². The van der Waals surface area contributed by atoms with Crippen LogP contribution in [-0.2, 0) is 16.6 Å². The molecule has 0 aromatic heterocycles. The lowest BCUT2D eigenvalue weighted by molar-refractivity contribution is 0.180. The first-order chi connectivity index (χ1) is 11.9. The Bertz CT molecular complexity index is 739. The van der Waals surface area contributed by atoms with Crippen molar-refractivity contribution < 1.29 is 12.8 Å². The van der Waals surface area contributed by atoms with Crippen molar-refractivity contribution in [2.24, 2.45) is 22.6 Å². The first-order valence-electron chi connectivity index (χ1n) is 8.57. The van der Waals surface area contributed by atoms with Crippen LogP contribution in [0.4, 0.5) is 10.1 Å². The van der Waals surface area contributed by atoms with Crippen LogP contribution >= 0.6 is 0 Å². The summed E-state index contributed by atoms with van der Waals surface area (Å²) < 4.78 is 39.3. The molecule has 0 aliphatic carbocycles. The lowest BCUT2D eigenvalue weighted by Gasteiger charge is -2.47. The van der Waals surface area contributed by atoms with Gasteiger partial charge in [-0.2, -0.15) is 0 Å². The van der Waals surface area contributed by atoms with Gasteiger partial charge in [0.1, 0.15) is 0 Å². The number of anilines is 1. The fourth-order valence-corrected chi connectivity index (χ4v) is 4.64. The molecule has 0 bridgehead atoms. The van der Waals surface area contributed by atoms with Gasteiger partial charge < -0.3 is 10.6 Å². The quantitative estimate of drug-likeness (QED) is 0.630. The van der Waals surface area contributed by atoms with E-state index in [1.165, 1.54) is 12.6 Å². The zero-order valence-corrected chi connectivity index (χ0v) is 15.3. The summed E-state index contributed by atoms with van der Waals surface area (Å²) in [6, 6.07) is 5.37. The van der Waals surface area contributed by atoms with Crippen molar-refractivity contribution in [1.29, 1.82) is 0 Å². The molecule has 2 N–H and O–H groups in total. The average molecular weight is 368 g/mol. The third-order valence-electron chi connectivity index (χ3n) is 5.31. The van der Waals surface area contributed by atoms with Crippen molar-refractivity contribution in [2.45, 2.75) is 19.4 Å². The van der Waals surface area contributed by atoms with E-state index in [-0.39, 0.29) is 12.4 Å². The van der Waals surface area contributed by atoms with Crippen LogP contribution < -0.4 is 10.6 Å². The monoisotopic (exact) mass is 368 g/mol. The number of sulfonamides is 1. The molecular formula is C17H25FN4O2S. The zero-order chi connectivity index (χ0) is 18.0. The summed E-state index contributed by atoms with van der Waals surface area (Å²) in [5.74, 6) is 0.799. The molecule has 2 aliphatic rings. The molecule has 2 fully saturated rings. The molecule has 6 nitrogen and oxygen atoms in total. The third-order valence-corrected chi connectivity index (χ3v) is 6.61. The van der Waals surface area contributed by atoms with Gasteiger partial charge in [-0.25, -0.2) is 17.1 Å². The first-order valence-corrected chi connectivity index (χ1v) is 10.4. The molecule has 3 rings (SSSR count). The van der Waals surface area contributed by atoms with E-state index in [1.54, 1.807) is 16.4 Å². The second kappa shape index (κ2) is 7.29. The molecule has 8 heteroatoms. The van der Waals surface area contributed by atoms with Crippen molar-refractivity contribution in [3.05, 3.63) is 29.6 Å². The number of aliphatic imine (C=N–C) groups is 1. The number of nitrogens with zero attached hydrogens (tertiary/aromatic N) is 3. The minimum Gasteiger partial charge on any atom is -0.390 e. The van der Waals surface area contributed by atoms with Crippen LogP contribution in [0.25, 0.3) is 0 Å².